The average Bonchev–Trinajstić information content (AvgIpc) is 2.41. The van der Waals surface area contributed by atoms with Gasteiger partial charge in [0.25, 0.3) is 0 Å². The molecule has 1 rings (SSSR count). The molecule has 8 heteroatoms. The van der Waals surface area contributed by atoms with Crippen molar-refractivity contribution in [2.24, 2.45) is 0 Å². The van der Waals surface area contributed by atoms with Crippen LogP contribution in [0.1, 0.15) is 25.0 Å². The predicted octanol–water partition coefficient (Wildman–Crippen LogP) is 0.325. The minimum absolute atomic E-state index is 0.0127. The van der Waals surface area contributed by atoms with Gasteiger partial charge in [-0.1, -0.05) is 0 Å². The van der Waals surface area contributed by atoms with E-state index in [1.54, 1.807) is 16.5 Å². The highest BCUT2D eigenvalue weighted by molar-refractivity contribution is 5.67. The number of aliphatic carboxylic acids is 2. The number of nitrogens with zero attached hydrogens (tertiary/aromatic N) is 2. The first-order valence-electron chi connectivity index (χ1n) is 6.84. The van der Waals surface area contributed by atoms with E-state index in [2.05, 4.69) is 0 Å². The molecule has 0 unspecified atom stereocenters. The summed E-state index contributed by atoms with van der Waals surface area (Å²) in [6.45, 7) is 0.998. The van der Waals surface area contributed by atoms with Gasteiger partial charge in [-0.05, 0) is 13.5 Å². The van der Waals surface area contributed by atoms with Crippen LogP contribution >= 0.6 is 0 Å². The van der Waals surface area contributed by atoms with Crippen LogP contribution in [0.3, 0.4) is 0 Å². The Morgan fingerprint density at radius 1 is 1.23 bits per heavy atom. The summed E-state index contributed by atoms with van der Waals surface area (Å²) in [5.41, 5.74) is 0.0807. The Morgan fingerprint density at radius 3 is 2.45 bits per heavy atom. The highest BCUT2D eigenvalue weighted by Gasteiger charge is 2.10. The third-order valence-corrected chi connectivity index (χ3v) is 3.13. The number of carbonyl (C=O) groups is 2. The second-order valence-corrected chi connectivity index (χ2v) is 5.09. The molecule has 0 fully saturated rings. The minimum atomic E-state index is -0.912. The van der Waals surface area contributed by atoms with Crippen molar-refractivity contribution in [3.8, 4) is 5.75 Å². The maximum absolute atomic E-state index is 11.6. The van der Waals surface area contributed by atoms with Gasteiger partial charge in [0, 0.05) is 37.8 Å². The third kappa shape index (κ3) is 5.96. The van der Waals surface area contributed by atoms with Gasteiger partial charge in [-0.2, -0.15) is 0 Å². The number of hydrogen-bond donors (Lipinski definition) is 3. The average molecular weight is 312 g/mol. The van der Waals surface area contributed by atoms with E-state index in [1.165, 1.54) is 12.3 Å². The number of hydrogen-bond acceptors (Lipinski definition) is 5. The maximum atomic E-state index is 11.6. The van der Waals surface area contributed by atoms with Gasteiger partial charge in [0.2, 0.25) is 5.43 Å². The highest BCUT2D eigenvalue weighted by Crippen LogP contribution is 2.09. The number of aromatic hydroxyl groups is 1. The van der Waals surface area contributed by atoms with E-state index >= 15 is 0 Å². The van der Waals surface area contributed by atoms with Crippen molar-refractivity contribution in [3.63, 3.8) is 0 Å². The predicted molar refractivity (Wildman–Crippen MR) is 77.8 cm³/mol. The lowest BCUT2D eigenvalue weighted by Crippen LogP contribution is -2.25. The molecule has 122 valence electrons. The maximum Gasteiger partial charge on any atom is 0.304 e. The molecule has 0 aliphatic heterocycles. The molecule has 0 aliphatic carbocycles. The lowest BCUT2D eigenvalue weighted by atomic mass is 10.2. The van der Waals surface area contributed by atoms with Crippen LogP contribution in [0.2, 0.25) is 0 Å². The second-order valence-electron chi connectivity index (χ2n) is 5.09. The van der Waals surface area contributed by atoms with Gasteiger partial charge in [-0.25, -0.2) is 0 Å². The summed E-state index contributed by atoms with van der Waals surface area (Å²) in [5.74, 6) is -2.21. The summed E-state index contributed by atoms with van der Waals surface area (Å²) < 4.78 is 1.62. The topological polar surface area (TPSA) is 120 Å². The fourth-order valence-electron chi connectivity index (χ4n) is 1.99. The van der Waals surface area contributed by atoms with Crippen LogP contribution in [0.4, 0.5) is 0 Å². The Hall–Kier alpha value is -2.35. The Balaban J connectivity index is 2.81. The summed E-state index contributed by atoms with van der Waals surface area (Å²) in [6, 6.07) is 1.29. The molecule has 0 bridgehead atoms. The molecule has 0 amide bonds. The zero-order chi connectivity index (χ0) is 16.7. The molecule has 0 aromatic carbocycles. The number of rotatable bonds is 9. The molecular weight excluding hydrogens is 292 g/mol. The third-order valence-electron chi connectivity index (χ3n) is 3.13. The van der Waals surface area contributed by atoms with Gasteiger partial charge in [-0.15, -0.1) is 0 Å². The van der Waals surface area contributed by atoms with E-state index in [9.17, 15) is 19.5 Å². The molecule has 3 N–H and O–H groups in total. The molecule has 0 aliphatic rings. The van der Waals surface area contributed by atoms with Crippen molar-refractivity contribution in [2.75, 3.05) is 13.6 Å². The molecule has 22 heavy (non-hydrogen) atoms. The van der Waals surface area contributed by atoms with E-state index < -0.39 is 23.1 Å². The van der Waals surface area contributed by atoms with Crippen LogP contribution in [0.25, 0.3) is 0 Å². The van der Waals surface area contributed by atoms with Gasteiger partial charge in [0.1, 0.15) is 0 Å². The van der Waals surface area contributed by atoms with Crippen molar-refractivity contribution in [3.05, 3.63) is 28.2 Å². The molecular formula is C14H20N2O6. The van der Waals surface area contributed by atoms with Gasteiger partial charge in [0.05, 0.1) is 12.6 Å². The SMILES string of the molecule is CN(CCC(=O)O)Cc1cc(=O)c(O)cn1CCCC(=O)O. The van der Waals surface area contributed by atoms with Crippen molar-refractivity contribution < 1.29 is 24.9 Å². The molecule has 8 nitrogen and oxygen atoms in total. The molecule has 0 spiro atoms. The highest BCUT2D eigenvalue weighted by atomic mass is 16.4. The zero-order valence-corrected chi connectivity index (χ0v) is 12.4. The van der Waals surface area contributed by atoms with Crippen LogP contribution in [0.15, 0.2) is 17.1 Å². The standard InChI is InChI=1S/C14H20N2O6/c1-15(6-4-14(21)22)8-10-7-11(17)12(18)9-16(10)5-2-3-13(19)20/h7,9,18H,2-6,8H2,1H3,(H,19,20)(H,21,22). The lowest BCUT2D eigenvalue weighted by Gasteiger charge is -2.19. The summed E-state index contributed by atoms with van der Waals surface area (Å²) in [6.07, 6.45) is 1.62. The summed E-state index contributed by atoms with van der Waals surface area (Å²) in [4.78, 5) is 34.4. The van der Waals surface area contributed by atoms with Gasteiger partial charge < -0.3 is 24.8 Å². The van der Waals surface area contributed by atoms with Crippen LogP contribution in [-0.2, 0) is 22.7 Å². The van der Waals surface area contributed by atoms with Gasteiger partial charge >= 0.3 is 11.9 Å². The largest absolute Gasteiger partial charge is 0.503 e. The van der Waals surface area contributed by atoms with Crippen LogP contribution < -0.4 is 5.43 Å². The molecule has 0 atom stereocenters. The molecule has 0 saturated carbocycles. The summed E-state index contributed by atoms with van der Waals surface area (Å²) >= 11 is 0. The van der Waals surface area contributed by atoms with E-state index in [1.807, 2.05) is 0 Å². The number of aromatic nitrogens is 1. The van der Waals surface area contributed by atoms with Crippen LogP contribution in [0, 0.1) is 0 Å². The number of pyridine rings is 1. The lowest BCUT2D eigenvalue weighted by molar-refractivity contribution is -0.138. The fraction of sp³-hybridized carbons (Fsp3) is 0.500. The van der Waals surface area contributed by atoms with Crippen molar-refractivity contribution in [1.29, 1.82) is 0 Å². The first-order valence-corrected chi connectivity index (χ1v) is 6.84. The number of carboxylic acid groups (broad SMARTS) is 2. The first-order chi connectivity index (χ1) is 10.3. The normalized spacial score (nSPS) is 10.8. The Kier molecular flexibility index (Phi) is 6.58. The molecule has 0 radical (unpaired) electrons. The smallest absolute Gasteiger partial charge is 0.304 e. The van der Waals surface area contributed by atoms with E-state index in [0.29, 0.717) is 31.7 Å². The molecule has 0 saturated heterocycles. The molecule has 1 heterocycles. The van der Waals surface area contributed by atoms with Crippen LogP contribution in [-0.4, -0.2) is 50.3 Å². The second kappa shape index (κ2) is 8.18. The number of aryl methyl sites for hydroxylation is 1. The number of carboxylic acids is 2. The molecule has 1 aromatic heterocycles. The van der Waals surface area contributed by atoms with Gasteiger partial charge in [-0.3, -0.25) is 14.4 Å². The van der Waals surface area contributed by atoms with Crippen molar-refractivity contribution >= 4 is 11.9 Å². The van der Waals surface area contributed by atoms with Crippen LogP contribution in [0.5, 0.6) is 5.75 Å². The minimum Gasteiger partial charge on any atom is -0.503 e. The van der Waals surface area contributed by atoms with E-state index in [0.717, 1.165) is 0 Å². The summed E-state index contributed by atoms with van der Waals surface area (Å²) in [7, 11) is 1.72. The Morgan fingerprint density at radius 2 is 1.86 bits per heavy atom. The van der Waals surface area contributed by atoms with E-state index in [-0.39, 0.29) is 12.8 Å². The summed E-state index contributed by atoms with van der Waals surface area (Å²) in [5, 5.41) is 26.8. The fourth-order valence-corrected chi connectivity index (χ4v) is 1.99. The Bertz CT molecular complexity index is 595. The van der Waals surface area contributed by atoms with Crippen molar-refractivity contribution in [2.45, 2.75) is 32.4 Å². The van der Waals surface area contributed by atoms with Gasteiger partial charge in [0.15, 0.2) is 5.75 Å². The monoisotopic (exact) mass is 312 g/mol. The quantitative estimate of drug-likeness (QED) is 0.600. The zero-order valence-electron chi connectivity index (χ0n) is 12.4. The Labute approximate surface area is 127 Å². The van der Waals surface area contributed by atoms with Crippen molar-refractivity contribution in [1.82, 2.24) is 9.47 Å². The molecule has 1 aromatic rings. The van der Waals surface area contributed by atoms with E-state index in [4.69, 9.17) is 10.2 Å². The first kappa shape index (κ1) is 17.7.